The molecule has 0 saturated heterocycles. The van der Waals surface area contributed by atoms with Crippen LogP contribution in [0.4, 0.5) is 13.2 Å². The molecule has 1 heterocycles. The van der Waals surface area contributed by atoms with Crippen molar-refractivity contribution in [3.8, 4) is 11.1 Å². The van der Waals surface area contributed by atoms with Gasteiger partial charge in [-0.1, -0.05) is 30.3 Å². The number of aryl methyl sites for hydroxylation is 1. The summed E-state index contributed by atoms with van der Waals surface area (Å²) in [5.41, 5.74) is 0.884. The molecule has 0 unspecified atom stereocenters. The van der Waals surface area contributed by atoms with Gasteiger partial charge in [0.25, 0.3) is 0 Å². The monoisotopic (exact) mass is 274 g/mol. The van der Waals surface area contributed by atoms with Crippen LogP contribution in [0.2, 0.25) is 0 Å². The molecule has 1 nitrogen and oxygen atoms in total. The lowest BCUT2D eigenvalue weighted by Crippen LogP contribution is -2.03. The van der Waals surface area contributed by atoms with Gasteiger partial charge in [0, 0.05) is 17.6 Å². The summed E-state index contributed by atoms with van der Waals surface area (Å²) in [6, 6.07) is 10.2. The average molecular weight is 274 g/mol. The van der Waals surface area contributed by atoms with Gasteiger partial charge in [0.15, 0.2) is 0 Å². The van der Waals surface area contributed by atoms with Gasteiger partial charge in [0.1, 0.15) is 4.88 Å². The van der Waals surface area contributed by atoms with E-state index in [1.165, 1.54) is 0 Å². The first-order chi connectivity index (χ1) is 8.48. The Balaban J connectivity index is 0.000000771. The molecule has 0 bridgehead atoms. The zero-order valence-electron chi connectivity index (χ0n) is 9.95. The van der Waals surface area contributed by atoms with Crippen LogP contribution in [0, 0.1) is 6.92 Å². The van der Waals surface area contributed by atoms with Gasteiger partial charge in [-0.15, -0.1) is 11.3 Å². The number of thiophene rings is 1. The number of hydrogen-bond donors (Lipinski definition) is 1. The maximum atomic E-state index is 12.8. The standard InChI is InChI=1S/C12H9F3S.CH4O/c1-8-7-10(9-5-3-2-4-6-9)11(16-8)12(13,14)15;1-2/h2-7H,1H3;2H,1H3. The predicted molar refractivity (Wildman–Crippen MR) is 67.6 cm³/mol. The van der Waals surface area contributed by atoms with Crippen molar-refractivity contribution in [3.05, 3.63) is 46.2 Å². The number of aliphatic hydroxyl groups is 1. The van der Waals surface area contributed by atoms with Crippen LogP contribution in [0.3, 0.4) is 0 Å². The van der Waals surface area contributed by atoms with E-state index in [1.54, 1.807) is 43.3 Å². The molecule has 5 heteroatoms. The van der Waals surface area contributed by atoms with Gasteiger partial charge >= 0.3 is 6.18 Å². The van der Waals surface area contributed by atoms with E-state index in [4.69, 9.17) is 5.11 Å². The zero-order valence-corrected chi connectivity index (χ0v) is 10.8. The summed E-state index contributed by atoms with van der Waals surface area (Å²) in [5.74, 6) is 0. The van der Waals surface area contributed by atoms with Gasteiger partial charge < -0.3 is 5.11 Å². The van der Waals surface area contributed by atoms with Crippen LogP contribution in [-0.2, 0) is 6.18 Å². The Hall–Kier alpha value is -1.33. The molecule has 1 N–H and O–H groups in total. The zero-order chi connectivity index (χ0) is 13.8. The van der Waals surface area contributed by atoms with Gasteiger partial charge in [0.2, 0.25) is 0 Å². The van der Waals surface area contributed by atoms with Crippen LogP contribution < -0.4 is 0 Å². The van der Waals surface area contributed by atoms with Gasteiger partial charge in [-0.2, -0.15) is 13.2 Å². The van der Waals surface area contributed by atoms with Crippen molar-refractivity contribution in [1.29, 1.82) is 0 Å². The Morgan fingerprint density at radius 1 is 1.06 bits per heavy atom. The first kappa shape index (κ1) is 14.7. The summed E-state index contributed by atoms with van der Waals surface area (Å²) in [6.07, 6.45) is -4.27. The van der Waals surface area contributed by atoms with E-state index in [2.05, 4.69) is 0 Å². The van der Waals surface area contributed by atoms with Crippen LogP contribution in [0.25, 0.3) is 11.1 Å². The maximum absolute atomic E-state index is 12.8. The van der Waals surface area contributed by atoms with E-state index < -0.39 is 11.1 Å². The molecule has 18 heavy (non-hydrogen) atoms. The average Bonchev–Trinajstić information content (AvgIpc) is 2.75. The highest BCUT2D eigenvalue weighted by Crippen LogP contribution is 2.42. The number of hydrogen-bond acceptors (Lipinski definition) is 2. The predicted octanol–water partition coefficient (Wildman–Crippen LogP) is 4.35. The van der Waals surface area contributed by atoms with Crippen LogP contribution in [0.15, 0.2) is 36.4 Å². The molecule has 0 aliphatic carbocycles. The highest BCUT2D eigenvalue weighted by atomic mass is 32.1. The fourth-order valence-electron chi connectivity index (χ4n) is 1.56. The van der Waals surface area contributed by atoms with Crippen LogP contribution >= 0.6 is 11.3 Å². The molecule has 0 spiro atoms. The van der Waals surface area contributed by atoms with Crippen molar-refractivity contribution in [3.63, 3.8) is 0 Å². The molecule has 0 atom stereocenters. The summed E-state index contributed by atoms with van der Waals surface area (Å²) < 4.78 is 38.3. The fraction of sp³-hybridized carbons (Fsp3) is 0.231. The van der Waals surface area contributed by atoms with Crippen molar-refractivity contribution in [2.45, 2.75) is 13.1 Å². The van der Waals surface area contributed by atoms with E-state index in [9.17, 15) is 13.2 Å². The molecule has 2 rings (SSSR count). The van der Waals surface area contributed by atoms with Gasteiger partial charge in [-0.3, -0.25) is 0 Å². The fourth-order valence-corrected chi connectivity index (χ4v) is 2.46. The minimum Gasteiger partial charge on any atom is -0.400 e. The highest BCUT2D eigenvalue weighted by Gasteiger charge is 2.35. The van der Waals surface area contributed by atoms with Crippen LogP contribution in [0.5, 0.6) is 0 Å². The van der Waals surface area contributed by atoms with Gasteiger partial charge in [0.05, 0.1) is 0 Å². The molecule has 1 aromatic heterocycles. The van der Waals surface area contributed by atoms with E-state index in [0.717, 1.165) is 18.4 Å². The van der Waals surface area contributed by atoms with Crippen LogP contribution in [-0.4, -0.2) is 12.2 Å². The second kappa shape index (κ2) is 6.02. The van der Waals surface area contributed by atoms with E-state index in [-0.39, 0.29) is 5.56 Å². The molecule has 0 saturated carbocycles. The molecule has 0 aliphatic rings. The van der Waals surface area contributed by atoms with E-state index in [1.807, 2.05) is 0 Å². The van der Waals surface area contributed by atoms with E-state index in [0.29, 0.717) is 10.4 Å². The second-order valence-electron chi connectivity index (χ2n) is 3.46. The SMILES string of the molecule is CO.Cc1cc(-c2ccccc2)c(C(F)(F)F)s1. The third kappa shape index (κ3) is 3.34. The van der Waals surface area contributed by atoms with Crippen molar-refractivity contribution in [2.24, 2.45) is 0 Å². The number of halogens is 3. The quantitative estimate of drug-likeness (QED) is 0.819. The summed E-state index contributed by atoms with van der Waals surface area (Å²) >= 11 is 0.791. The Morgan fingerprint density at radius 2 is 1.61 bits per heavy atom. The topological polar surface area (TPSA) is 20.2 Å². The van der Waals surface area contributed by atoms with Crippen molar-refractivity contribution in [2.75, 3.05) is 7.11 Å². The lowest BCUT2D eigenvalue weighted by molar-refractivity contribution is -0.133. The third-order valence-corrected chi connectivity index (χ3v) is 3.29. The molecule has 0 fully saturated rings. The molecule has 0 amide bonds. The first-order valence-corrected chi connectivity index (χ1v) is 5.98. The Labute approximate surface area is 108 Å². The smallest absolute Gasteiger partial charge is 0.400 e. The van der Waals surface area contributed by atoms with Gasteiger partial charge in [-0.25, -0.2) is 0 Å². The van der Waals surface area contributed by atoms with Gasteiger partial charge in [-0.05, 0) is 18.6 Å². The largest absolute Gasteiger partial charge is 0.426 e. The lowest BCUT2D eigenvalue weighted by Gasteiger charge is -2.07. The number of alkyl halides is 3. The maximum Gasteiger partial charge on any atom is 0.426 e. The summed E-state index contributed by atoms with van der Waals surface area (Å²) in [5, 5.41) is 7.00. The highest BCUT2D eigenvalue weighted by molar-refractivity contribution is 7.12. The Morgan fingerprint density at radius 3 is 2.11 bits per heavy atom. The molecule has 0 radical (unpaired) electrons. The minimum absolute atomic E-state index is 0.274. The number of aliphatic hydroxyl groups excluding tert-OH is 1. The molecule has 0 aliphatic heterocycles. The number of benzene rings is 1. The number of rotatable bonds is 1. The molecular formula is C13H13F3OS. The van der Waals surface area contributed by atoms with Crippen LogP contribution in [0.1, 0.15) is 9.75 Å². The molecular weight excluding hydrogens is 261 g/mol. The lowest BCUT2D eigenvalue weighted by atomic mass is 10.1. The third-order valence-electron chi connectivity index (χ3n) is 2.20. The minimum atomic E-state index is -4.27. The normalized spacial score (nSPS) is 10.8. The second-order valence-corrected chi connectivity index (χ2v) is 4.72. The molecule has 1 aromatic carbocycles. The molecule has 2 aromatic rings. The van der Waals surface area contributed by atoms with E-state index >= 15 is 0 Å². The molecule has 98 valence electrons. The Bertz CT molecular complexity index is 489. The van der Waals surface area contributed by atoms with Crippen molar-refractivity contribution in [1.82, 2.24) is 0 Å². The van der Waals surface area contributed by atoms with Crippen molar-refractivity contribution < 1.29 is 18.3 Å². The Kier molecular flexibility index (Phi) is 4.93. The first-order valence-electron chi connectivity index (χ1n) is 5.16. The summed E-state index contributed by atoms with van der Waals surface area (Å²) in [4.78, 5) is 0.155. The summed E-state index contributed by atoms with van der Waals surface area (Å²) in [7, 11) is 1.00. The summed E-state index contributed by atoms with van der Waals surface area (Å²) in [6.45, 7) is 1.69. The van der Waals surface area contributed by atoms with Crippen molar-refractivity contribution >= 4 is 11.3 Å².